The molecule has 100 valence electrons. The molecule has 1 heterocycles. The third kappa shape index (κ3) is 3.38. The van der Waals surface area contributed by atoms with E-state index in [0.29, 0.717) is 16.3 Å². The second-order valence-corrected chi connectivity index (χ2v) is 4.22. The third-order valence-electron chi connectivity index (χ3n) is 2.49. The highest BCUT2D eigenvalue weighted by Crippen LogP contribution is 2.31. The first-order chi connectivity index (χ1) is 8.87. The second-order valence-electron chi connectivity index (χ2n) is 3.87. The first kappa shape index (κ1) is 13.7. The molecule has 0 fully saturated rings. The third-order valence-corrected chi connectivity index (χ3v) is 2.78. The Morgan fingerprint density at radius 2 is 1.74 bits per heavy atom. The minimum Gasteiger partial charge on any atom is -0.406 e. The van der Waals surface area contributed by atoms with Gasteiger partial charge in [0.2, 0.25) is 0 Å². The van der Waals surface area contributed by atoms with Gasteiger partial charge in [-0.1, -0.05) is 23.7 Å². The van der Waals surface area contributed by atoms with Gasteiger partial charge in [0.05, 0.1) is 0 Å². The van der Waals surface area contributed by atoms with Gasteiger partial charge in [0.15, 0.2) is 0 Å². The number of benzene rings is 1. The van der Waals surface area contributed by atoms with Crippen LogP contribution in [0.25, 0.3) is 11.1 Å². The largest absolute Gasteiger partial charge is 0.573 e. The van der Waals surface area contributed by atoms with Crippen LogP contribution in [0.4, 0.5) is 13.2 Å². The van der Waals surface area contributed by atoms with Crippen LogP contribution >= 0.6 is 11.6 Å². The van der Waals surface area contributed by atoms with Crippen molar-refractivity contribution in [1.82, 2.24) is 4.98 Å². The molecule has 0 unspecified atom stereocenters. The van der Waals surface area contributed by atoms with Crippen molar-refractivity contribution in [1.29, 1.82) is 0 Å². The molecule has 0 saturated heterocycles. The van der Waals surface area contributed by atoms with Crippen molar-refractivity contribution in [2.24, 2.45) is 0 Å². The van der Waals surface area contributed by atoms with E-state index in [4.69, 9.17) is 11.6 Å². The van der Waals surface area contributed by atoms with Gasteiger partial charge in [-0.2, -0.15) is 0 Å². The van der Waals surface area contributed by atoms with Crippen molar-refractivity contribution in [3.05, 3.63) is 47.2 Å². The smallest absolute Gasteiger partial charge is 0.406 e. The first-order valence-corrected chi connectivity index (χ1v) is 5.72. The Morgan fingerprint density at radius 1 is 1.11 bits per heavy atom. The molecule has 1 aromatic heterocycles. The maximum atomic E-state index is 12.0. The fourth-order valence-corrected chi connectivity index (χ4v) is 2.01. The summed E-state index contributed by atoms with van der Waals surface area (Å²) in [6.45, 7) is 1.85. The average molecular weight is 288 g/mol. The molecule has 0 spiro atoms. The van der Waals surface area contributed by atoms with Crippen LogP contribution in [0.5, 0.6) is 5.75 Å². The van der Waals surface area contributed by atoms with Crippen molar-refractivity contribution < 1.29 is 17.9 Å². The molecule has 0 saturated carbocycles. The highest BCUT2D eigenvalue weighted by Gasteiger charge is 2.31. The van der Waals surface area contributed by atoms with Crippen LogP contribution in [0, 0.1) is 6.92 Å². The number of ether oxygens (including phenoxy) is 1. The topological polar surface area (TPSA) is 22.1 Å². The Morgan fingerprint density at radius 3 is 2.26 bits per heavy atom. The molecule has 2 rings (SSSR count). The van der Waals surface area contributed by atoms with E-state index in [-0.39, 0.29) is 5.75 Å². The van der Waals surface area contributed by atoms with Crippen molar-refractivity contribution in [3.63, 3.8) is 0 Å². The van der Waals surface area contributed by atoms with E-state index < -0.39 is 6.36 Å². The van der Waals surface area contributed by atoms with Gasteiger partial charge >= 0.3 is 6.36 Å². The zero-order valence-corrected chi connectivity index (χ0v) is 10.6. The molecule has 0 aliphatic rings. The van der Waals surface area contributed by atoms with Crippen molar-refractivity contribution in [3.8, 4) is 16.9 Å². The first-order valence-electron chi connectivity index (χ1n) is 5.34. The number of aromatic nitrogens is 1. The van der Waals surface area contributed by atoms with Gasteiger partial charge in [-0.25, -0.2) is 4.98 Å². The summed E-state index contributed by atoms with van der Waals surface area (Å²) in [5.41, 5.74) is 2.28. The lowest BCUT2D eigenvalue weighted by Crippen LogP contribution is -2.16. The summed E-state index contributed by atoms with van der Waals surface area (Å²) in [4.78, 5) is 3.95. The number of halogens is 4. The molecular weight excluding hydrogens is 279 g/mol. The monoisotopic (exact) mass is 287 g/mol. The van der Waals surface area contributed by atoms with Gasteiger partial charge in [-0.05, 0) is 36.2 Å². The van der Waals surface area contributed by atoms with Crippen LogP contribution in [-0.2, 0) is 0 Å². The van der Waals surface area contributed by atoms with Crippen LogP contribution in [-0.4, -0.2) is 11.3 Å². The number of alkyl halides is 3. The summed E-state index contributed by atoms with van der Waals surface area (Å²) in [7, 11) is 0. The molecule has 0 amide bonds. The number of hydrogen-bond acceptors (Lipinski definition) is 2. The van der Waals surface area contributed by atoms with Gasteiger partial charge in [0, 0.05) is 11.8 Å². The molecule has 0 aliphatic heterocycles. The van der Waals surface area contributed by atoms with Crippen LogP contribution in [0.1, 0.15) is 5.56 Å². The maximum absolute atomic E-state index is 12.0. The maximum Gasteiger partial charge on any atom is 0.573 e. The summed E-state index contributed by atoms with van der Waals surface area (Å²) in [5, 5.41) is 0.310. The molecule has 2 nitrogen and oxygen atoms in total. The highest BCUT2D eigenvalue weighted by atomic mass is 35.5. The zero-order chi connectivity index (χ0) is 14.0. The van der Waals surface area contributed by atoms with Crippen LogP contribution in [0.3, 0.4) is 0 Å². The van der Waals surface area contributed by atoms with E-state index in [1.54, 1.807) is 12.3 Å². The van der Waals surface area contributed by atoms with E-state index in [0.717, 1.165) is 5.56 Å². The molecule has 2 aromatic rings. The molecular formula is C13H9ClF3NO. The minimum atomic E-state index is -4.69. The number of rotatable bonds is 2. The lowest BCUT2D eigenvalue weighted by Gasteiger charge is -2.11. The molecule has 0 atom stereocenters. The summed E-state index contributed by atoms with van der Waals surface area (Å²) in [6, 6.07) is 7.28. The predicted molar refractivity (Wildman–Crippen MR) is 66.1 cm³/mol. The average Bonchev–Trinajstić information content (AvgIpc) is 2.29. The fourth-order valence-electron chi connectivity index (χ4n) is 1.70. The Labute approximate surface area is 112 Å². The lowest BCUT2D eigenvalue weighted by molar-refractivity contribution is -0.274. The number of hydrogen-bond donors (Lipinski definition) is 0. The quantitative estimate of drug-likeness (QED) is 0.753. The van der Waals surface area contributed by atoms with E-state index in [2.05, 4.69) is 9.72 Å². The Hall–Kier alpha value is -1.75. The summed E-state index contributed by atoms with van der Waals surface area (Å²) < 4.78 is 39.9. The fraction of sp³-hybridized carbons (Fsp3) is 0.154. The molecule has 0 radical (unpaired) electrons. The van der Waals surface area contributed by atoms with Crippen molar-refractivity contribution in [2.45, 2.75) is 13.3 Å². The summed E-state index contributed by atoms with van der Waals surface area (Å²) >= 11 is 5.99. The number of pyridine rings is 1. The standard InChI is InChI=1S/C13H9ClF3NO/c1-8-6-7-18-12(14)11(8)9-2-4-10(5-3-9)19-13(15,16)17/h2-7H,1H3. The second kappa shape index (κ2) is 5.09. The molecule has 0 bridgehead atoms. The van der Waals surface area contributed by atoms with Gasteiger partial charge < -0.3 is 4.74 Å². The number of nitrogens with zero attached hydrogens (tertiary/aromatic N) is 1. The van der Waals surface area contributed by atoms with E-state index >= 15 is 0 Å². The minimum absolute atomic E-state index is 0.270. The van der Waals surface area contributed by atoms with Crippen LogP contribution < -0.4 is 4.74 Å². The normalized spacial score (nSPS) is 11.4. The van der Waals surface area contributed by atoms with Gasteiger partial charge in [-0.3, -0.25) is 0 Å². The summed E-state index contributed by atoms with van der Waals surface area (Å²) in [6.07, 6.45) is -3.12. The molecule has 6 heteroatoms. The van der Waals surface area contributed by atoms with E-state index in [1.807, 2.05) is 6.92 Å². The van der Waals surface area contributed by atoms with Gasteiger partial charge in [-0.15, -0.1) is 13.2 Å². The zero-order valence-electron chi connectivity index (χ0n) is 9.83. The molecule has 19 heavy (non-hydrogen) atoms. The van der Waals surface area contributed by atoms with Crippen molar-refractivity contribution >= 4 is 11.6 Å². The van der Waals surface area contributed by atoms with Crippen LogP contribution in [0.15, 0.2) is 36.5 Å². The molecule has 1 aromatic carbocycles. The SMILES string of the molecule is Cc1ccnc(Cl)c1-c1ccc(OC(F)(F)F)cc1. The number of aryl methyl sites for hydroxylation is 1. The summed E-state index contributed by atoms with van der Waals surface area (Å²) in [5.74, 6) is -0.270. The van der Waals surface area contributed by atoms with Gasteiger partial charge in [0.25, 0.3) is 0 Å². The highest BCUT2D eigenvalue weighted by molar-refractivity contribution is 6.32. The Balaban J connectivity index is 2.33. The molecule has 0 N–H and O–H groups in total. The van der Waals surface area contributed by atoms with Crippen molar-refractivity contribution in [2.75, 3.05) is 0 Å². The van der Waals surface area contributed by atoms with Crippen LogP contribution in [0.2, 0.25) is 5.15 Å². The Kier molecular flexibility index (Phi) is 3.66. The van der Waals surface area contributed by atoms with E-state index in [1.165, 1.54) is 24.3 Å². The van der Waals surface area contributed by atoms with E-state index in [9.17, 15) is 13.2 Å². The lowest BCUT2D eigenvalue weighted by atomic mass is 10.0. The van der Waals surface area contributed by atoms with Gasteiger partial charge in [0.1, 0.15) is 10.9 Å². The predicted octanol–water partition coefficient (Wildman–Crippen LogP) is 4.61. The molecule has 0 aliphatic carbocycles. The Bertz CT molecular complexity index is 561.